The molecule has 4 nitrogen and oxygen atoms in total. The molecule has 0 atom stereocenters. The van der Waals surface area contributed by atoms with E-state index in [9.17, 15) is 8.42 Å². The van der Waals surface area contributed by atoms with E-state index in [-0.39, 0.29) is 4.90 Å². The van der Waals surface area contributed by atoms with E-state index in [1.165, 1.54) is 6.20 Å². The fourth-order valence-corrected chi connectivity index (χ4v) is 3.32. The number of nitrogens with zero attached hydrogens (tertiary/aromatic N) is 2. The maximum absolute atomic E-state index is 12.5. The van der Waals surface area contributed by atoms with Gasteiger partial charge in [-0.15, -0.1) is 0 Å². The third kappa shape index (κ3) is 2.77. The fourth-order valence-electron chi connectivity index (χ4n) is 2.20. The minimum absolute atomic E-state index is 0.266. The van der Waals surface area contributed by atoms with Gasteiger partial charge in [0, 0.05) is 12.1 Å². The first-order valence-electron chi connectivity index (χ1n) is 6.86. The summed E-state index contributed by atoms with van der Waals surface area (Å²) in [6, 6.07) is 8.60. The first-order valence-corrected chi connectivity index (χ1v) is 8.30. The molecule has 0 spiro atoms. The molecule has 0 aliphatic rings. The Morgan fingerprint density at radius 2 is 1.70 bits per heavy atom. The van der Waals surface area contributed by atoms with Crippen LogP contribution in [0.25, 0.3) is 0 Å². The summed E-state index contributed by atoms with van der Waals surface area (Å²) >= 11 is 0. The summed E-state index contributed by atoms with van der Waals surface area (Å²) in [5.74, 6) is 0.310. The van der Waals surface area contributed by atoms with Crippen LogP contribution < -0.4 is 0 Å². The molecule has 0 fully saturated rings. The maximum Gasteiger partial charge on any atom is 0.282 e. The SMILES string of the molecule is CCC(CC)c1ccn(S(=O)(=O)c2ccc(C)cc2)n1. The monoisotopic (exact) mass is 292 g/mol. The molecule has 0 radical (unpaired) electrons. The predicted octanol–water partition coefficient (Wildman–Crippen LogP) is 3.33. The van der Waals surface area contributed by atoms with Crippen molar-refractivity contribution in [1.82, 2.24) is 9.19 Å². The molecule has 0 amide bonds. The molecule has 108 valence electrons. The summed E-state index contributed by atoms with van der Waals surface area (Å²) in [4.78, 5) is 0.266. The van der Waals surface area contributed by atoms with Crippen LogP contribution in [0.4, 0.5) is 0 Å². The minimum Gasteiger partial charge on any atom is -0.199 e. The summed E-state index contributed by atoms with van der Waals surface area (Å²) in [7, 11) is -3.58. The van der Waals surface area contributed by atoms with Gasteiger partial charge >= 0.3 is 0 Å². The molecule has 5 heteroatoms. The lowest BCUT2D eigenvalue weighted by Gasteiger charge is -2.08. The zero-order chi connectivity index (χ0) is 14.8. The second-order valence-electron chi connectivity index (χ2n) is 4.94. The Hall–Kier alpha value is -1.62. The van der Waals surface area contributed by atoms with Gasteiger partial charge < -0.3 is 0 Å². The number of benzene rings is 1. The second-order valence-corrected chi connectivity index (χ2v) is 6.74. The molecular weight excluding hydrogens is 272 g/mol. The molecule has 1 aromatic carbocycles. The number of aromatic nitrogens is 2. The first kappa shape index (κ1) is 14.8. The Kier molecular flexibility index (Phi) is 4.28. The highest BCUT2D eigenvalue weighted by Gasteiger charge is 2.19. The number of aryl methyl sites for hydroxylation is 1. The van der Waals surface area contributed by atoms with Crippen molar-refractivity contribution in [2.75, 3.05) is 0 Å². The van der Waals surface area contributed by atoms with Crippen molar-refractivity contribution in [3.8, 4) is 0 Å². The zero-order valence-electron chi connectivity index (χ0n) is 12.1. The van der Waals surface area contributed by atoms with E-state index in [2.05, 4.69) is 18.9 Å². The van der Waals surface area contributed by atoms with E-state index < -0.39 is 10.0 Å². The van der Waals surface area contributed by atoms with Gasteiger partial charge in [0.1, 0.15) is 0 Å². The molecule has 1 heterocycles. The summed E-state index contributed by atoms with van der Waals surface area (Å²) in [5.41, 5.74) is 1.87. The average Bonchev–Trinajstić information content (AvgIpc) is 2.91. The lowest BCUT2D eigenvalue weighted by Crippen LogP contribution is -2.14. The summed E-state index contributed by atoms with van der Waals surface area (Å²) in [6.07, 6.45) is 3.44. The van der Waals surface area contributed by atoms with Crippen molar-refractivity contribution in [2.24, 2.45) is 0 Å². The van der Waals surface area contributed by atoms with E-state index in [1.54, 1.807) is 30.3 Å². The van der Waals surface area contributed by atoms with Crippen molar-refractivity contribution in [3.63, 3.8) is 0 Å². The highest BCUT2D eigenvalue weighted by molar-refractivity contribution is 7.89. The van der Waals surface area contributed by atoms with Crippen molar-refractivity contribution < 1.29 is 8.42 Å². The zero-order valence-corrected chi connectivity index (χ0v) is 12.9. The first-order chi connectivity index (χ1) is 9.48. The van der Waals surface area contributed by atoms with E-state index >= 15 is 0 Å². The molecule has 20 heavy (non-hydrogen) atoms. The quantitative estimate of drug-likeness (QED) is 0.849. The third-order valence-corrected chi connectivity index (χ3v) is 5.12. The Balaban J connectivity index is 2.38. The van der Waals surface area contributed by atoms with Crippen LogP contribution in [-0.2, 0) is 10.0 Å². The topological polar surface area (TPSA) is 52.0 Å². The molecule has 0 aliphatic heterocycles. The highest BCUT2D eigenvalue weighted by atomic mass is 32.2. The van der Waals surface area contributed by atoms with Crippen LogP contribution in [0.15, 0.2) is 41.4 Å². The van der Waals surface area contributed by atoms with Gasteiger partial charge in [-0.2, -0.15) is 17.6 Å². The van der Waals surface area contributed by atoms with E-state index in [0.717, 1.165) is 28.2 Å². The van der Waals surface area contributed by atoms with Crippen molar-refractivity contribution in [2.45, 2.75) is 44.4 Å². The Bertz CT molecular complexity index is 668. The third-order valence-electron chi connectivity index (χ3n) is 3.56. The molecule has 0 saturated heterocycles. The maximum atomic E-state index is 12.5. The molecular formula is C15H20N2O2S. The Labute approximate surface area is 120 Å². The minimum atomic E-state index is -3.58. The van der Waals surface area contributed by atoms with Crippen LogP contribution >= 0.6 is 0 Å². The van der Waals surface area contributed by atoms with Gasteiger partial charge in [0.2, 0.25) is 0 Å². The van der Waals surface area contributed by atoms with E-state index in [4.69, 9.17) is 0 Å². The standard InChI is InChI=1S/C15H20N2O2S/c1-4-13(5-2)15-10-11-17(16-15)20(18,19)14-8-6-12(3)7-9-14/h6-11,13H,4-5H2,1-3H3. The predicted molar refractivity (Wildman–Crippen MR) is 79.3 cm³/mol. The fraction of sp³-hybridized carbons (Fsp3) is 0.400. The second kappa shape index (κ2) is 5.79. The Morgan fingerprint density at radius 1 is 1.10 bits per heavy atom. The van der Waals surface area contributed by atoms with Gasteiger partial charge in [0.15, 0.2) is 0 Å². The van der Waals surface area contributed by atoms with Crippen molar-refractivity contribution in [3.05, 3.63) is 47.8 Å². The molecule has 1 aromatic heterocycles. The van der Waals surface area contributed by atoms with Gasteiger partial charge in [0.05, 0.1) is 10.6 Å². The number of rotatable bonds is 5. The summed E-state index contributed by atoms with van der Waals surface area (Å²) < 4.78 is 26.0. The van der Waals surface area contributed by atoms with Crippen molar-refractivity contribution >= 4 is 10.0 Å². The summed E-state index contributed by atoms with van der Waals surface area (Å²) in [5, 5.41) is 4.25. The van der Waals surface area contributed by atoms with Crippen molar-refractivity contribution in [1.29, 1.82) is 0 Å². The number of hydrogen-bond donors (Lipinski definition) is 0. The molecule has 0 aliphatic carbocycles. The lowest BCUT2D eigenvalue weighted by atomic mass is 10.0. The van der Waals surface area contributed by atoms with Crippen LogP contribution in [0, 0.1) is 6.92 Å². The molecule has 0 bridgehead atoms. The molecule has 2 rings (SSSR count). The van der Waals surface area contributed by atoms with Gasteiger partial charge in [-0.05, 0) is 38.0 Å². The van der Waals surface area contributed by atoms with E-state index in [1.807, 2.05) is 6.92 Å². The number of hydrogen-bond acceptors (Lipinski definition) is 3. The van der Waals surface area contributed by atoms with Gasteiger partial charge in [-0.3, -0.25) is 0 Å². The van der Waals surface area contributed by atoms with E-state index in [0.29, 0.717) is 5.92 Å². The molecule has 0 N–H and O–H groups in total. The largest absolute Gasteiger partial charge is 0.282 e. The van der Waals surface area contributed by atoms with Crippen LogP contribution in [0.1, 0.15) is 43.9 Å². The Morgan fingerprint density at radius 3 is 2.25 bits per heavy atom. The normalized spacial score (nSPS) is 12.0. The lowest BCUT2D eigenvalue weighted by molar-refractivity contribution is 0.573. The van der Waals surface area contributed by atoms with Crippen LogP contribution in [0.5, 0.6) is 0 Å². The van der Waals surface area contributed by atoms with Crippen LogP contribution in [-0.4, -0.2) is 17.6 Å². The highest BCUT2D eigenvalue weighted by Crippen LogP contribution is 2.22. The average molecular weight is 292 g/mol. The molecule has 0 unspecified atom stereocenters. The smallest absolute Gasteiger partial charge is 0.199 e. The van der Waals surface area contributed by atoms with Gasteiger partial charge in [0.25, 0.3) is 10.0 Å². The van der Waals surface area contributed by atoms with Crippen LogP contribution in [0.2, 0.25) is 0 Å². The van der Waals surface area contributed by atoms with Gasteiger partial charge in [-0.1, -0.05) is 31.5 Å². The molecule has 2 aromatic rings. The molecule has 0 saturated carbocycles. The van der Waals surface area contributed by atoms with Gasteiger partial charge in [-0.25, -0.2) is 0 Å². The summed E-state index contributed by atoms with van der Waals surface area (Å²) in [6.45, 7) is 6.10. The van der Waals surface area contributed by atoms with Crippen LogP contribution in [0.3, 0.4) is 0 Å².